The zero-order valence-electron chi connectivity index (χ0n) is 13.9. The minimum absolute atomic E-state index is 0.0329. The molecule has 0 bridgehead atoms. The van der Waals surface area contributed by atoms with Gasteiger partial charge >= 0.3 is 0 Å². The number of halogens is 2. The summed E-state index contributed by atoms with van der Waals surface area (Å²) < 4.78 is 10.2. The fourth-order valence-corrected chi connectivity index (χ4v) is 3.54. The molecule has 3 rings (SSSR count). The van der Waals surface area contributed by atoms with E-state index in [1.54, 1.807) is 18.2 Å². The molecule has 0 atom stereocenters. The molecule has 1 saturated heterocycles. The highest BCUT2D eigenvalue weighted by Gasteiger charge is 2.35. The summed E-state index contributed by atoms with van der Waals surface area (Å²) >= 11 is 12.9. The van der Waals surface area contributed by atoms with E-state index in [2.05, 4.69) is 5.32 Å². The van der Waals surface area contributed by atoms with Gasteiger partial charge in [-0.1, -0.05) is 35.3 Å². The molecule has 10 heteroatoms. The molecule has 0 unspecified atom stereocenters. The van der Waals surface area contributed by atoms with Crippen LogP contribution in [0.3, 0.4) is 0 Å². The molecule has 2 heterocycles. The number of imide groups is 1. The van der Waals surface area contributed by atoms with Crippen molar-refractivity contribution >= 4 is 58.1 Å². The molecule has 2 aliphatic heterocycles. The average molecular weight is 429 g/mol. The van der Waals surface area contributed by atoms with Gasteiger partial charge in [-0.25, -0.2) is 0 Å². The van der Waals surface area contributed by atoms with E-state index in [0.29, 0.717) is 28.8 Å². The Kier molecular flexibility index (Phi) is 6.30. The fraction of sp³-hybridized carbons (Fsp3) is 0.235. The van der Waals surface area contributed by atoms with Crippen molar-refractivity contribution in [3.05, 3.63) is 50.7 Å². The second-order valence-corrected chi connectivity index (χ2v) is 7.21. The molecule has 0 radical (unpaired) electrons. The number of carbonyl (C=O) groups is 3. The van der Waals surface area contributed by atoms with Gasteiger partial charge < -0.3 is 14.8 Å². The third-order valence-electron chi connectivity index (χ3n) is 3.64. The molecule has 0 spiro atoms. The SMILES string of the molecule is O=C(NCCN1C(=O)S/C(=C\c2cccc(Cl)c2Cl)C1=O)C1=COCCO1. The molecule has 142 valence electrons. The zero-order valence-corrected chi connectivity index (χ0v) is 16.2. The molecule has 0 aliphatic carbocycles. The summed E-state index contributed by atoms with van der Waals surface area (Å²) in [6.07, 6.45) is 2.76. The summed E-state index contributed by atoms with van der Waals surface area (Å²) in [7, 11) is 0. The number of nitrogens with zero attached hydrogens (tertiary/aromatic N) is 1. The number of amides is 3. The van der Waals surface area contributed by atoms with Gasteiger partial charge in [-0.3, -0.25) is 19.3 Å². The monoisotopic (exact) mass is 428 g/mol. The smallest absolute Gasteiger partial charge is 0.293 e. The number of rotatable bonds is 5. The van der Waals surface area contributed by atoms with Gasteiger partial charge in [-0.2, -0.15) is 0 Å². The molecule has 1 aromatic rings. The summed E-state index contributed by atoms with van der Waals surface area (Å²) in [5.41, 5.74) is 0.546. The molecular formula is C17H14Cl2N2O5S. The van der Waals surface area contributed by atoms with Crippen LogP contribution in [-0.2, 0) is 19.1 Å². The number of carbonyl (C=O) groups excluding carboxylic acids is 3. The summed E-state index contributed by atoms with van der Waals surface area (Å²) in [4.78, 5) is 37.8. The molecule has 0 aromatic heterocycles. The van der Waals surface area contributed by atoms with Crippen LogP contribution >= 0.6 is 35.0 Å². The Balaban J connectivity index is 1.61. The average Bonchev–Trinajstić information content (AvgIpc) is 2.93. The lowest BCUT2D eigenvalue weighted by Gasteiger charge is -2.16. The molecule has 1 fully saturated rings. The Labute approximate surface area is 169 Å². The number of hydrogen-bond acceptors (Lipinski definition) is 6. The van der Waals surface area contributed by atoms with Crippen LogP contribution in [0, 0.1) is 0 Å². The Hall–Kier alpha value is -2.16. The maximum absolute atomic E-state index is 12.5. The highest BCUT2D eigenvalue weighted by Crippen LogP contribution is 2.34. The van der Waals surface area contributed by atoms with Crippen LogP contribution < -0.4 is 5.32 Å². The topological polar surface area (TPSA) is 84.9 Å². The van der Waals surface area contributed by atoms with Crippen LogP contribution in [-0.4, -0.2) is 48.3 Å². The minimum atomic E-state index is -0.470. The molecule has 1 aromatic carbocycles. The Morgan fingerprint density at radius 3 is 2.85 bits per heavy atom. The lowest BCUT2D eigenvalue weighted by atomic mass is 10.2. The van der Waals surface area contributed by atoms with Crippen LogP contribution in [0.4, 0.5) is 4.79 Å². The maximum Gasteiger partial charge on any atom is 0.293 e. The van der Waals surface area contributed by atoms with Crippen LogP contribution in [0.15, 0.2) is 35.1 Å². The van der Waals surface area contributed by atoms with E-state index in [-0.39, 0.29) is 23.8 Å². The number of benzene rings is 1. The third-order valence-corrected chi connectivity index (χ3v) is 5.38. The lowest BCUT2D eigenvalue weighted by Crippen LogP contribution is -2.38. The third kappa shape index (κ3) is 4.58. The van der Waals surface area contributed by atoms with Gasteiger partial charge in [0.05, 0.1) is 15.0 Å². The van der Waals surface area contributed by atoms with Gasteiger partial charge in [0.1, 0.15) is 19.5 Å². The van der Waals surface area contributed by atoms with Crippen molar-refractivity contribution in [2.75, 3.05) is 26.3 Å². The molecular weight excluding hydrogens is 415 g/mol. The first-order valence-corrected chi connectivity index (χ1v) is 9.47. The van der Waals surface area contributed by atoms with Crippen molar-refractivity contribution in [2.45, 2.75) is 0 Å². The van der Waals surface area contributed by atoms with Gasteiger partial charge in [0.2, 0.25) is 5.76 Å². The van der Waals surface area contributed by atoms with E-state index < -0.39 is 17.1 Å². The van der Waals surface area contributed by atoms with Crippen LogP contribution in [0.25, 0.3) is 6.08 Å². The van der Waals surface area contributed by atoms with E-state index in [1.807, 2.05) is 0 Å². The Bertz CT molecular complexity index is 856. The van der Waals surface area contributed by atoms with Gasteiger partial charge in [0.25, 0.3) is 17.1 Å². The standard InChI is InChI=1S/C17H14Cl2N2O5S/c18-11-3-1-2-10(14(11)19)8-13-16(23)21(17(24)27-13)5-4-20-15(22)12-9-25-6-7-26-12/h1-3,8-9H,4-7H2,(H,20,22)/b13-8-. The first-order valence-electron chi connectivity index (χ1n) is 7.89. The van der Waals surface area contributed by atoms with Crippen molar-refractivity contribution in [1.82, 2.24) is 10.2 Å². The maximum atomic E-state index is 12.5. The van der Waals surface area contributed by atoms with E-state index in [4.69, 9.17) is 32.7 Å². The number of thioether (sulfide) groups is 1. The minimum Gasteiger partial charge on any atom is -0.494 e. The first kappa shape index (κ1) is 19.6. The fourth-order valence-electron chi connectivity index (χ4n) is 2.32. The van der Waals surface area contributed by atoms with Gasteiger partial charge in [-0.15, -0.1) is 0 Å². The lowest BCUT2D eigenvalue weighted by molar-refractivity contribution is -0.124. The molecule has 27 heavy (non-hydrogen) atoms. The van der Waals surface area contributed by atoms with E-state index >= 15 is 0 Å². The quantitative estimate of drug-likeness (QED) is 0.725. The number of hydrogen-bond donors (Lipinski definition) is 1. The molecule has 1 N–H and O–H groups in total. The van der Waals surface area contributed by atoms with Gasteiger partial charge in [0.15, 0.2) is 0 Å². The molecule has 2 aliphatic rings. The number of nitrogens with one attached hydrogen (secondary N) is 1. The summed E-state index contributed by atoms with van der Waals surface area (Å²) in [6, 6.07) is 5.03. The molecule has 0 saturated carbocycles. The Morgan fingerprint density at radius 1 is 1.30 bits per heavy atom. The van der Waals surface area contributed by atoms with Crippen molar-refractivity contribution in [3.8, 4) is 0 Å². The normalized spacial score (nSPS) is 18.2. The number of ether oxygens (including phenoxy) is 2. The van der Waals surface area contributed by atoms with Crippen molar-refractivity contribution in [2.24, 2.45) is 0 Å². The summed E-state index contributed by atoms with van der Waals surface area (Å²) in [5, 5.41) is 2.82. The van der Waals surface area contributed by atoms with Crippen molar-refractivity contribution < 1.29 is 23.9 Å². The van der Waals surface area contributed by atoms with Gasteiger partial charge in [0, 0.05) is 13.1 Å². The highest BCUT2D eigenvalue weighted by molar-refractivity contribution is 8.18. The summed E-state index contributed by atoms with van der Waals surface area (Å²) in [6.45, 7) is 0.795. The van der Waals surface area contributed by atoms with Crippen molar-refractivity contribution in [1.29, 1.82) is 0 Å². The van der Waals surface area contributed by atoms with Crippen LogP contribution in [0.2, 0.25) is 10.0 Å². The first-order chi connectivity index (χ1) is 13.0. The zero-order chi connectivity index (χ0) is 19.4. The molecule has 3 amide bonds. The summed E-state index contributed by atoms with van der Waals surface area (Å²) in [5.74, 6) is -0.861. The molecule has 7 nitrogen and oxygen atoms in total. The second-order valence-electron chi connectivity index (χ2n) is 5.43. The second kappa shape index (κ2) is 8.69. The van der Waals surface area contributed by atoms with Crippen LogP contribution in [0.5, 0.6) is 0 Å². The van der Waals surface area contributed by atoms with Crippen LogP contribution in [0.1, 0.15) is 5.56 Å². The van der Waals surface area contributed by atoms with Crippen molar-refractivity contribution in [3.63, 3.8) is 0 Å². The highest BCUT2D eigenvalue weighted by atomic mass is 35.5. The Morgan fingerprint density at radius 2 is 2.11 bits per heavy atom. The predicted octanol–water partition coefficient (Wildman–Crippen LogP) is 3.03. The van der Waals surface area contributed by atoms with E-state index in [1.165, 1.54) is 12.3 Å². The van der Waals surface area contributed by atoms with Gasteiger partial charge in [-0.05, 0) is 29.5 Å². The largest absolute Gasteiger partial charge is 0.494 e. The van der Waals surface area contributed by atoms with E-state index in [9.17, 15) is 14.4 Å². The predicted molar refractivity (Wildman–Crippen MR) is 102 cm³/mol. The van der Waals surface area contributed by atoms with E-state index in [0.717, 1.165) is 16.7 Å².